The van der Waals surface area contributed by atoms with E-state index in [-0.39, 0.29) is 11.9 Å². The Balaban J connectivity index is 1.60. The number of nitrogens with one attached hydrogen (secondary N) is 1. The number of pyridine rings is 1. The van der Waals surface area contributed by atoms with Crippen molar-refractivity contribution >= 4 is 5.91 Å². The highest BCUT2D eigenvalue weighted by Gasteiger charge is 2.15. The second kappa shape index (κ2) is 8.85. The Labute approximate surface area is 159 Å². The monoisotopic (exact) mass is 362 g/mol. The predicted molar refractivity (Wildman–Crippen MR) is 104 cm³/mol. The molecular weight excluding hydrogens is 340 g/mol. The van der Waals surface area contributed by atoms with Gasteiger partial charge >= 0.3 is 0 Å². The highest BCUT2D eigenvalue weighted by Crippen LogP contribution is 2.21. The summed E-state index contributed by atoms with van der Waals surface area (Å²) in [7, 11) is 1.56. The normalized spacial score (nSPS) is 11.5. The van der Waals surface area contributed by atoms with Crippen LogP contribution >= 0.6 is 0 Å². The van der Waals surface area contributed by atoms with Crippen LogP contribution in [-0.2, 0) is 6.61 Å². The molecule has 1 heterocycles. The van der Waals surface area contributed by atoms with Gasteiger partial charge < -0.3 is 14.8 Å². The number of hydrogen-bond acceptors (Lipinski definition) is 4. The number of carbonyl (C=O) groups is 1. The molecule has 2 aromatic carbocycles. The van der Waals surface area contributed by atoms with Crippen LogP contribution in [0.4, 0.5) is 0 Å². The lowest BCUT2D eigenvalue weighted by atomic mass is 10.1. The third-order valence-electron chi connectivity index (χ3n) is 4.21. The number of aromatic nitrogens is 1. The topological polar surface area (TPSA) is 60.5 Å². The Hall–Kier alpha value is -3.34. The predicted octanol–water partition coefficient (Wildman–Crippen LogP) is 4.16. The fraction of sp³-hybridized carbons (Fsp3) is 0.182. The fourth-order valence-corrected chi connectivity index (χ4v) is 2.69. The maximum atomic E-state index is 12.5. The minimum atomic E-state index is -0.170. The van der Waals surface area contributed by atoms with E-state index < -0.39 is 0 Å². The van der Waals surface area contributed by atoms with Gasteiger partial charge in [-0.05, 0) is 42.8 Å². The summed E-state index contributed by atoms with van der Waals surface area (Å²) >= 11 is 0. The maximum absolute atomic E-state index is 12.5. The van der Waals surface area contributed by atoms with Gasteiger partial charge in [0.15, 0.2) is 0 Å². The lowest BCUT2D eigenvalue weighted by molar-refractivity contribution is 0.0937. The molecule has 5 nitrogen and oxygen atoms in total. The minimum Gasteiger partial charge on any atom is -0.496 e. The second-order valence-electron chi connectivity index (χ2n) is 6.11. The molecule has 0 unspecified atom stereocenters. The Morgan fingerprint density at radius 1 is 1.07 bits per heavy atom. The molecule has 0 saturated heterocycles. The summed E-state index contributed by atoms with van der Waals surface area (Å²) in [5.41, 5.74) is 2.52. The molecule has 1 amide bonds. The van der Waals surface area contributed by atoms with Gasteiger partial charge in [0.2, 0.25) is 0 Å². The van der Waals surface area contributed by atoms with Gasteiger partial charge in [0.25, 0.3) is 5.91 Å². The Kier molecular flexibility index (Phi) is 6.05. The van der Waals surface area contributed by atoms with Gasteiger partial charge in [0.05, 0.1) is 18.7 Å². The van der Waals surface area contributed by atoms with E-state index in [4.69, 9.17) is 9.47 Å². The molecule has 0 saturated carbocycles. The van der Waals surface area contributed by atoms with E-state index in [1.807, 2.05) is 55.5 Å². The molecule has 5 heteroatoms. The Morgan fingerprint density at radius 3 is 2.56 bits per heavy atom. The zero-order valence-electron chi connectivity index (χ0n) is 15.4. The number of rotatable bonds is 7. The molecule has 0 aliphatic rings. The molecule has 1 atom stereocenters. The number of benzene rings is 2. The molecule has 0 fully saturated rings. The summed E-state index contributed by atoms with van der Waals surface area (Å²) in [6, 6.07) is 18.6. The van der Waals surface area contributed by atoms with E-state index in [0.29, 0.717) is 17.9 Å². The molecule has 0 aliphatic heterocycles. The highest BCUT2D eigenvalue weighted by molar-refractivity contribution is 5.97. The first-order valence-electron chi connectivity index (χ1n) is 8.73. The SMILES string of the molecule is COc1ccccc1C(=O)N[C@@H](C)c1ccc(OCc2cccnc2)cc1. The molecule has 0 aliphatic carbocycles. The van der Waals surface area contributed by atoms with E-state index in [9.17, 15) is 4.79 Å². The van der Waals surface area contributed by atoms with E-state index in [1.165, 1.54) is 0 Å². The van der Waals surface area contributed by atoms with Crippen LogP contribution in [0.2, 0.25) is 0 Å². The zero-order valence-corrected chi connectivity index (χ0v) is 15.4. The molecule has 0 radical (unpaired) electrons. The van der Waals surface area contributed by atoms with Gasteiger partial charge in [-0.25, -0.2) is 0 Å². The number of amides is 1. The quantitative estimate of drug-likeness (QED) is 0.686. The minimum absolute atomic E-state index is 0.144. The summed E-state index contributed by atoms with van der Waals surface area (Å²) in [5, 5.41) is 3.00. The first kappa shape index (κ1) is 18.5. The summed E-state index contributed by atoms with van der Waals surface area (Å²) in [5.74, 6) is 1.16. The van der Waals surface area contributed by atoms with E-state index in [0.717, 1.165) is 16.9 Å². The van der Waals surface area contributed by atoms with E-state index >= 15 is 0 Å². The third kappa shape index (κ3) is 4.85. The van der Waals surface area contributed by atoms with Crippen molar-refractivity contribution in [3.63, 3.8) is 0 Å². The number of nitrogens with zero attached hydrogens (tertiary/aromatic N) is 1. The van der Waals surface area contributed by atoms with Crippen LogP contribution in [0.1, 0.15) is 34.5 Å². The third-order valence-corrected chi connectivity index (χ3v) is 4.21. The van der Waals surface area contributed by atoms with Gasteiger partial charge in [0.1, 0.15) is 18.1 Å². The van der Waals surface area contributed by atoms with Crippen molar-refractivity contribution < 1.29 is 14.3 Å². The van der Waals surface area contributed by atoms with Crippen LogP contribution in [0.5, 0.6) is 11.5 Å². The molecule has 0 spiro atoms. The van der Waals surface area contributed by atoms with Gasteiger partial charge in [0, 0.05) is 18.0 Å². The van der Waals surface area contributed by atoms with Crippen molar-refractivity contribution in [2.75, 3.05) is 7.11 Å². The molecule has 1 aromatic heterocycles. The maximum Gasteiger partial charge on any atom is 0.255 e. The van der Waals surface area contributed by atoms with Crippen molar-refractivity contribution in [1.29, 1.82) is 0 Å². The summed E-state index contributed by atoms with van der Waals surface area (Å²) < 4.78 is 11.0. The number of para-hydroxylation sites is 1. The number of hydrogen-bond donors (Lipinski definition) is 1. The van der Waals surface area contributed by atoms with Crippen LogP contribution in [0.25, 0.3) is 0 Å². The van der Waals surface area contributed by atoms with Crippen molar-refractivity contribution in [2.45, 2.75) is 19.6 Å². The van der Waals surface area contributed by atoms with Crippen molar-refractivity contribution in [3.05, 3.63) is 89.7 Å². The summed E-state index contributed by atoms with van der Waals surface area (Å²) in [6.07, 6.45) is 3.52. The standard InChI is InChI=1S/C22H22N2O3/c1-16(24-22(25)20-7-3-4-8-21(20)26-2)18-9-11-19(12-10-18)27-15-17-6-5-13-23-14-17/h3-14,16H,15H2,1-2H3,(H,24,25)/t16-/m0/s1. The Bertz CT molecular complexity index is 880. The molecule has 1 N–H and O–H groups in total. The fourth-order valence-electron chi connectivity index (χ4n) is 2.69. The van der Waals surface area contributed by atoms with E-state index in [2.05, 4.69) is 10.3 Å². The van der Waals surface area contributed by atoms with Crippen LogP contribution in [0.15, 0.2) is 73.1 Å². The summed E-state index contributed by atoms with van der Waals surface area (Å²) in [6.45, 7) is 2.41. The molecule has 0 bridgehead atoms. The van der Waals surface area contributed by atoms with Gasteiger partial charge in [-0.1, -0.05) is 30.3 Å². The lowest BCUT2D eigenvalue weighted by Gasteiger charge is -2.16. The highest BCUT2D eigenvalue weighted by atomic mass is 16.5. The molecule has 3 rings (SSSR count). The van der Waals surface area contributed by atoms with Crippen LogP contribution < -0.4 is 14.8 Å². The number of ether oxygens (including phenoxy) is 2. The van der Waals surface area contributed by atoms with Gasteiger partial charge in [-0.15, -0.1) is 0 Å². The lowest BCUT2D eigenvalue weighted by Crippen LogP contribution is -2.27. The molecule has 3 aromatic rings. The summed E-state index contributed by atoms with van der Waals surface area (Å²) in [4.78, 5) is 16.6. The number of carbonyl (C=O) groups excluding carboxylic acids is 1. The van der Waals surface area contributed by atoms with Crippen molar-refractivity contribution in [3.8, 4) is 11.5 Å². The van der Waals surface area contributed by atoms with Crippen molar-refractivity contribution in [2.24, 2.45) is 0 Å². The van der Waals surface area contributed by atoms with Gasteiger partial charge in [-0.2, -0.15) is 0 Å². The van der Waals surface area contributed by atoms with E-state index in [1.54, 1.807) is 31.6 Å². The number of methoxy groups -OCH3 is 1. The molecule has 138 valence electrons. The van der Waals surface area contributed by atoms with Crippen LogP contribution in [0, 0.1) is 0 Å². The first-order valence-corrected chi connectivity index (χ1v) is 8.73. The van der Waals surface area contributed by atoms with Crippen LogP contribution in [0.3, 0.4) is 0 Å². The van der Waals surface area contributed by atoms with Crippen LogP contribution in [-0.4, -0.2) is 18.0 Å². The average molecular weight is 362 g/mol. The average Bonchev–Trinajstić information content (AvgIpc) is 2.73. The van der Waals surface area contributed by atoms with Crippen molar-refractivity contribution in [1.82, 2.24) is 10.3 Å². The Morgan fingerprint density at radius 2 is 1.85 bits per heavy atom. The molecular formula is C22H22N2O3. The molecule has 27 heavy (non-hydrogen) atoms. The second-order valence-corrected chi connectivity index (χ2v) is 6.11. The zero-order chi connectivity index (χ0) is 19.1. The largest absolute Gasteiger partial charge is 0.496 e. The smallest absolute Gasteiger partial charge is 0.255 e. The van der Waals surface area contributed by atoms with Gasteiger partial charge in [-0.3, -0.25) is 9.78 Å². The first-order chi connectivity index (χ1) is 13.2.